The molecule has 4 rings (SSSR count). The highest BCUT2D eigenvalue weighted by atomic mass is 16.5. The monoisotopic (exact) mass is 361 g/mol. The highest BCUT2D eigenvalue weighted by Crippen LogP contribution is 2.27. The van der Waals surface area contributed by atoms with E-state index in [1.54, 1.807) is 7.11 Å². The quantitative estimate of drug-likeness (QED) is 0.691. The smallest absolute Gasteiger partial charge is 0.168 e. The SMILES string of the molecule is COc1ccc(Cn2cc3c(n2)N(Cc2ccccc2)CCCC3=O)cc1. The minimum absolute atomic E-state index is 0.182. The summed E-state index contributed by atoms with van der Waals surface area (Å²) >= 11 is 0. The molecule has 0 atom stereocenters. The van der Waals surface area contributed by atoms with Gasteiger partial charge in [0, 0.05) is 25.7 Å². The number of anilines is 1. The second-order valence-corrected chi connectivity index (χ2v) is 6.85. The van der Waals surface area contributed by atoms with Gasteiger partial charge < -0.3 is 9.64 Å². The lowest BCUT2D eigenvalue weighted by molar-refractivity contribution is 0.0983. The Bertz CT molecular complexity index is 916. The Morgan fingerprint density at radius 2 is 1.74 bits per heavy atom. The van der Waals surface area contributed by atoms with Crippen LogP contribution >= 0.6 is 0 Å². The first-order chi connectivity index (χ1) is 13.2. The van der Waals surface area contributed by atoms with Crippen LogP contribution in [-0.2, 0) is 13.1 Å². The summed E-state index contributed by atoms with van der Waals surface area (Å²) in [6.07, 6.45) is 3.33. The van der Waals surface area contributed by atoms with E-state index in [1.807, 2.05) is 53.3 Å². The topological polar surface area (TPSA) is 47.4 Å². The summed E-state index contributed by atoms with van der Waals surface area (Å²) in [7, 11) is 1.66. The van der Waals surface area contributed by atoms with Crippen molar-refractivity contribution in [3.63, 3.8) is 0 Å². The third-order valence-electron chi connectivity index (χ3n) is 4.89. The van der Waals surface area contributed by atoms with Crippen LogP contribution in [0.1, 0.15) is 34.3 Å². The second kappa shape index (κ2) is 7.66. The molecule has 138 valence electrons. The summed E-state index contributed by atoms with van der Waals surface area (Å²) < 4.78 is 7.08. The van der Waals surface area contributed by atoms with Crippen molar-refractivity contribution in [1.82, 2.24) is 9.78 Å². The number of nitrogens with zero attached hydrogens (tertiary/aromatic N) is 3. The maximum absolute atomic E-state index is 12.6. The van der Waals surface area contributed by atoms with Crippen LogP contribution in [0.4, 0.5) is 5.82 Å². The molecule has 2 heterocycles. The molecule has 2 aromatic carbocycles. The molecule has 0 radical (unpaired) electrons. The van der Waals surface area contributed by atoms with Gasteiger partial charge in [-0.2, -0.15) is 5.10 Å². The van der Waals surface area contributed by atoms with Gasteiger partial charge in [0.1, 0.15) is 5.75 Å². The summed E-state index contributed by atoms with van der Waals surface area (Å²) in [4.78, 5) is 14.8. The Morgan fingerprint density at radius 1 is 1.00 bits per heavy atom. The van der Waals surface area contributed by atoms with Crippen LogP contribution in [0.2, 0.25) is 0 Å². The third-order valence-corrected chi connectivity index (χ3v) is 4.89. The zero-order valence-corrected chi connectivity index (χ0v) is 15.5. The first kappa shape index (κ1) is 17.3. The van der Waals surface area contributed by atoms with E-state index in [9.17, 15) is 4.79 Å². The number of benzene rings is 2. The van der Waals surface area contributed by atoms with Gasteiger partial charge in [0.15, 0.2) is 11.6 Å². The first-order valence-electron chi connectivity index (χ1n) is 9.25. The molecule has 3 aromatic rings. The minimum atomic E-state index is 0.182. The Balaban J connectivity index is 1.60. The van der Waals surface area contributed by atoms with Crippen molar-refractivity contribution in [2.45, 2.75) is 25.9 Å². The Hall–Kier alpha value is -3.08. The minimum Gasteiger partial charge on any atom is -0.497 e. The second-order valence-electron chi connectivity index (χ2n) is 6.85. The fourth-order valence-electron chi connectivity index (χ4n) is 3.47. The molecule has 5 nitrogen and oxygen atoms in total. The average molecular weight is 361 g/mol. The molecule has 0 amide bonds. The van der Waals surface area contributed by atoms with Crippen molar-refractivity contribution in [3.05, 3.63) is 77.5 Å². The lowest BCUT2D eigenvalue weighted by Gasteiger charge is -2.21. The molecule has 0 bridgehead atoms. The molecular weight excluding hydrogens is 338 g/mol. The van der Waals surface area contributed by atoms with E-state index in [0.29, 0.717) is 13.0 Å². The normalized spacial score (nSPS) is 14.0. The van der Waals surface area contributed by atoms with E-state index in [2.05, 4.69) is 17.0 Å². The predicted molar refractivity (Wildman–Crippen MR) is 105 cm³/mol. The number of carbonyl (C=O) groups is 1. The van der Waals surface area contributed by atoms with Gasteiger partial charge in [-0.05, 0) is 29.7 Å². The van der Waals surface area contributed by atoms with Crippen LogP contribution in [0.3, 0.4) is 0 Å². The largest absolute Gasteiger partial charge is 0.497 e. The number of ketones is 1. The summed E-state index contributed by atoms with van der Waals surface area (Å²) in [5.41, 5.74) is 3.08. The molecule has 1 aromatic heterocycles. The van der Waals surface area contributed by atoms with Crippen molar-refractivity contribution >= 4 is 11.6 Å². The molecular formula is C22H23N3O2. The van der Waals surface area contributed by atoms with Crippen molar-refractivity contribution < 1.29 is 9.53 Å². The highest BCUT2D eigenvalue weighted by Gasteiger charge is 2.25. The van der Waals surface area contributed by atoms with E-state index < -0.39 is 0 Å². The number of carbonyl (C=O) groups excluding carboxylic acids is 1. The van der Waals surface area contributed by atoms with E-state index in [4.69, 9.17) is 9.84 Å². The lowest BCUT2D eigenvalue weighted by atomic mass is 10.1. The van der Waals surface area contributed by atoms with Crippen molar-refractivity contribution in [3.8, 4) is 5.75 Å². The van der Waals surface area contributed by atoms with Crippen LogP contribution in [-0.4, -0.2) is 29.2 Å². The van der Waals surface area contributed by atoms with E-state index in [0.717, 1.165) is 42.2 Å². The summed E-state index contributed by atoms with van der Waals surface area (Å²) in [6, 6.07) is 18.3. The maximum atomic E-state index is 12.6. The van der Waals surface area contributed by atoms with E-state index in [-0.39, 0.29) is 5.78 Å². The van der Waals surface area contributed by atoms with Gasteiger partial charge in [0.2, 0.25) is 0 Å². The molecule has 5 heteroatoms. The third kappa shape index (κ3) is 3.87. The molecule has 0 unspecified atom stereocenters. The first-order valence-corrected chi connectivity index (χ1v) is 9.25. The Labute approximate surface area is 159 Å². The predicted octanol–water partition coefficient (Wildman–Crippen LogP) is 3.92. The van der Waals surface area contributed by atoms with Crippen LogP contribution in [0.15, 0.2) is 60.8 Å². The number of hydrogen-bond donors (Lipinski definition) is 0. The molecule has 1 aliphatic rings. The zero-order valence-electron chi connectivity index (χ0n) is 15.5. The van der Waals surface area contributed by atoms with Gasteiger partial charge in [-0.1, -0.05) is 42.5 Å². The number of fused-ring (bicyclic) bond motifs is 1. The van der Waals surface area contributed by atoms with Crippen molar-refractivity contribution in [1.29, 1.82) is 0 Å². The van der Waals surface area contributed by atoms with Gasteiger partial charge in [0.25, 0.3) is 0 Å². The maximum Gasteiger partial charge on any atom is 0.168 e. The molecule has 0 saturated heterocycles. The van der Waals surface area contributed by atoms with Gasteiger partial charge in [-0.3, -0.25) is 9.48 Å². The van der Waals surface area contributed by atoms with E-state index >= 15 is 0 Å². The van der Waals surface area contributed by atoms with Crippen LogP contribution in [0.25, 0.3) is 0 Å². The summed E-state index contributed by atoms with van der Waals surface area (Å²) in [5.74, 6) is 1.82. The number of Topliss-reactive ketones (excluding diaryl/α,β-unsaturated/α-hetero) is 1. The molecule has 0 saturated carbocycles. The van der Waals surface area contributed by atoms with Crippen LogP contribution in [0, 0.1) is 0 Å². The van der Waals surface area contributed by atoms with E-state index in [1.165, 1.54) is 5.56 Å². The van der Waals surface area contributed by atoms with Crippen molar-refractivity contribution in [2.75, 3.05) is 18.6 Å². The number of aromatic nitrogens is 2. The van der Waals surface area contributed by atoms with Crippen LogP contribution < -0.4 is 9.64 Å². The van der Waals surface area contributed by atoms with Gasteiger partial charge in [0.05, 0.1) is 19.2 Å². The number of methoxy groups -OCH3 is 1. The van der Waals surface area contributed by atoms with Crippen molar-refractivity contribution in [2.24, 2.45) is 0 Å². The average Bonchev–Trinajstić information content (AvgIpc) is 3.06. The molecule has 1 aliphatic heterocycles. The Morgan fingerprint density at radius 3 is 2.48 bits per heavy atom. The lowest BCUT2D eigenvalue weighted by Crippen LogP contribution is -2.24. The van der Waals surface area contributed by atoms with Gasteiger partial charge in [-0.25, -0.2) is 0 Å². The molecule has 0 fully saturated rings. The van der Waals surface area contributed by atoms with Gasteiger partial charge in [-0.15, -0.1) is 0 Å². The molecule has 27 heavy (non-hydrogen) atoms. The zero-order chi connectivity index (χ0) is 18.6. The number of ether oxygens (including phenoxy) is 1. The standard InChI is InChI=1S/C22H23N3O2/c1-27-19-11-9-18(10-12-19)15-25-16-20-21(26)8-5-13-24(22(20)23-25)14-17-6-3-2-4-7-17/h2-4,6-7,9-12,16H,5,8,13-15H2,1H3. The number of hydrogen-bond acceptors (Lipinski definition) is 4. The summed E-state index contributed by atoms with van der Waals surface area (Å²) in [6.45, 7) is 2.23. The fraction of sp³-hybridized carbons (Fsp3) is 0.273. The molecule has 0 spiro atoms. The molecule has 0 aliphatic carbocycles. The van der Waals surface area contributed by atoms with Gasteiger partial charge >= 0.3 is 0 Å². The molecule has 0 N–H and O–H groups in total. The summed E-state index contributed by atoms with van der Waals surface area (Å²) in [5, 5.41) is 4.77. The highest BCUT2D eigenvalue weighted by molar-refractivity contribution is 6.01. The number of rotatable bonds is 5. The fourth-order valence-corrected chi connectivity index (χ4v) is 3.47. The van der Waals surface area contributed by atoms with Crippen LogP contribution in [0.5, 0.6) is 5.75 Å². The Kier molecular flexibility index (Phi) is 4.92.